The summed E-state index contributed by atoms with van der Waals surface area (Å²) in [5.41, 5.74) is 0.0662. The predicted molar refractivity (Wildman–Crippen MR) is 79.8 cm³/mol. The Morgan fingerprint density at radius 1 is 1.26 bits per heavy atom. The predicted octanol–water partition coefficient (Wildman–Crippen LogP) is 3.54. The summed E-state index contributed by atoms with van der Waals surface area (Å²) in [5.74, 6) is -1.82. The zero-order valence-corrected chi connectivity index (χ0v) is 13.1. The zero-order valence-electron chi connectivity index (χ0n) is 13.1. The van der Waals surface area contributed by atoms with Gasteiger partial charge in [0.1, 0.15) is 5.60 Å². The molecule has 0 aromatic heterocycles. The first-order valence-corrected chi connectivity index (χ1v) is 8.03. The lowest BCUT2D eigenvalue weighted by atomic mass is 9.80. The number of hydrogen-bond donors (Lipinski definition) is 1. The number of amides is 1. The molecule has 1 amide bonds. The van der Waals surface area contributed by atoms with E-state index in [1.54, 1.807) is 11.8 Å². The molecule has 1 saturated heterocycles. The van der Waals surface area contributed by atoms with E-state index in [0.717, 1.165) is 12.1 Å². The van der Waals surface area contributed by atoms with Crippen LogP contribution < -0.4 is 0 Å². The number of aliphatic hydroxyl groups is 1. The molecular weight excluding hydrogens is 304 g/mol. The first kappa shape index (κ1) is 16.2. The fourth-order valence-electron chi connectivity index (χ4n) is 3.50. The number of aliphatic hydroxyl groups excluding tert-OH is 1. The van der Waals surface area contributed by atoms with Crippen LogP contribution in [0, 0.1) is 11.6 Å². The molecule has 1 aliphatic heterocycles. The van der Waals surface area contributed by atoms with Gasteiger partial charge in [-0.1, -0.05) is 6.07 Å². The van der Waals surface area contributed by atoms with E-state index >= 15 is 0 Å². The number of carbonyl (C=O) groups is 1. The van der Waals surface area contributed by atoms with Crippen molar-refractivity contribution in [2.24, 2.45) is 0 Å². The molecule has 23 heavy (non-hydrogen) atoms. The molecule has 1 spiro atoms. The van der Waals surface area contributed by atoms with E-state index in [1.165, 1.54) is 6.07 Å². The Balaban J connectivity index is 1.70. The molecule has 1 saturated carbocycles. The van der Waals surface area contributed by atoms with Gasteiger partial charge in [-0.15, -0.1) is 0 Å². The van der Waals surface area contributed by atoms with Crippen LogP contribution in [0.2, 0.25) is 0 Å². The molecule has 1 N–H and O–H groups in total. The maximum Gasteiger partial charge on any atom is 0.410 e. The highest BCUT2D eigenvalue weighted by molar-refractivity contribution is 5.69. The van der Waals surface area contributed by atoms with Gasteiger partial charge in [0, 0.05) is 13.0 Å². The first-order valence-electron chi connectivity index (χ1n) is 8.03. The van der Waals surface area contributed by atoms with Gasteiger partial charge >= 0.3 is 6.09 Å². The zero-order chi connectivity index (χ0) is 16.6. The fraction of sp³-hybridized carbons (Fsp3) is 0.588. The van der Waals surface area contributed by atoms with Crippen molar-refractivity contribution in [2.75, 3.05) is 6.54 Å². The number of nitrogens with zero attached hydrogens (tertiary/aromatic N) is 1. The number of ether oxygens (including phenoxy) is 1. The minimum atomic E-state index is -0.919. The number of rotatable bonds is 2. The SMILES string of the molecule is C[C@@H](c1ccc(F)c(F)c1)N1CCC2(CCC(O)CC2)OC1=O. The van der Waals surface area contributed by atoms with Crippen molar-refractivity contribution in [2.45, 2.75) is 56.8 Å². The maximum absolute atomic E-state index is 13.4. The molecule has 126 valence electrons. The lowest BCUT2D eigenvalue weighted by Crippen LogP contribution is -2.52. The molecule has 0 unspecified atom stereocenters. The van der Waals surface area contributed by atoms with Gasteiger partial charge in [-0.3, -0.25) is 0 Å². The van der Waals surface area contributed by atoms with E-state index in [-0.39, 0.29) is 12.1 Å². The Hall–Kier alpha value is -1.69. The second-order valence-corrected chi connectivity index (χ2v) is 6.58. The summed E-state index contributed by atoms with van der Waals surface area (Å²) >= 11 is 0. The molecule has 1 heterocycles. The first-order chi connectivity index (χ1) is 10.9. The third kappa shape index (κ3) is 3.17. The van der Waals surface area contributed by atoms with Crippen LogP contribution in [-0.4, -0.2) is 34.3 Å². The summed E-state index contributed by atoms with van der Waals surface area (Å²) in [6.45, 7) is 2.28. The van der Waals surface area contributed by atoms with Crippen molar-refractivity contribution >= 4 is 6.09 Å². The molecule has 2 fully saturated rings. The Morgan fingerprint density at radius 3 is 2.57 bits per heavy atom. The van der Waals surface area contributed by atoms with Gasteiger partial charge in [0.2, 0.25) is 0 Å². The van der Waals surface area contributed by atoms with Crippen LogP contribution in [0.25, 0.3) is 0 Å². The quantitative estimate of drug-likeness (QED) is 0.905. The summed E-state index contributed by atoms with van der Waals surface area (Å²) in [5, 5.41) is 9.61. The minimum absolute atomic E-state index is 0.307. The standard InChI is InChI=1S/C17H21F2NO3/c1-11(12-2-3-14(18)15(19)10-12)20-9-8-17(23-16(20)22)6-4-13(21)5-7-17/h2-3,10-11,13,21H,4-9H2,1H3/t11-,13?,17?/m0/s1. The third-order valence-corrected chi connectivity index (χ3v) is 5.11. The molecule has 0 radical (unpaired) electrons. The van der Waals surface area contributed by atoms with E-state index in [9.17, 15) is 18.7 Å². The van der Waals surface area contributed by atoms with Gasteiger partial charge < -0.3 is 14.7 Å². The van der Waals surface area contributed by atoms with Crippen LogP contribution in [0.1, 0.15) is 50.6 Å². The van der Waals surface area contributed by atoms with E-state index in [4.69, 9.17) is 4.74 Å². The van der Waals surface area contributed by atoms with Crippen LogP contribution in [0.3, 0.4) is 0 Å². The van der Waals surface area contributed by atoms with E-state index < -0.39 is 23.3 Å². The van der Waals surface area contributed by atoms with Gasteiger partial charge in [0.15, 0.2) is 11.6 Å². The third-order valence-electron chi connectivity index (χ3n) is 5.11. The minimum Gasteiger partial charge on any atom is -0.443 e. The largest absolute Gasteiger partial charge is 0.443 e. The van der Waals surface area contributed by atoms with Crippen LogP contribution in [-0.2, 0) is 4.74 Å². The van der Waals surface area contributed by atoms with Crippen molar-refractivity contribution in [3.8, 4) is 0 Å². The van der Waals surface area contributed by atoms with E-state index in [0.29, 0.717) is 44.2 Å². The lowest BCUT2D eigenvalue weighted by Gasteiger charge is -2.45. The molecule has 2 aliphatic rings. The Kier molecular flexibility index (Phi) is 4.27. The average molecular weight is 325 g/mol. The Morgan fingerprint density at radius 2 is 1.96 bits per heavy atom. The smallest absolute Gasteiger partial charge is 0.410 e. The highest BCUT2D eigenvalue weighted by atomic mass is 19.2. The van der Waals surface area contributed by atoms with Crippen molar-refractivity contribution in [3.63, 3.8) is 0 Å². The van der Waals surface area contributed by atoms with Crippen molar-refractivity contribution in [1.82, 2.24) is 4.90 Å². The topological polar surface area (TPSA) is 49.8 Å². The number of hydrogen-bond acceptors (Lipinski definition) is 3. The molecule has 1 aliphatic carbocycles. The van der Waals surface area contributed by atoms with Crippen molar-refractivity contribution in [3.05, 3.63) is 35.4 Å². The summed E-state index contributed by atoms with van der Waals surface area (Å²) in [6.07, 6.45) is 2.60. The second-order valence-electron chi connectivity index (χ2n) is 6.58. The molecule has 4 nitrogen and oxygen atoms in total. The molecule has 6 heteroatoms. The van der Waals surface area contributed by atoms with Crippen LogP contribution in [0.4, 0.5) is 13.6 Å². The number of benzene rings is 1. The second kappa shape index (κ2) is 6.07. The summed E-state index contributed by atoms with van der Waals surface area (Å²) in [6, 6.07) is 3.29. The van der Waals surface area contributed by atoms with Gasteiger partial charge in [-0.25, -0.2) is 13.6 Å². The molecule has 1 aromatic carbocycles. The van der Waals surface area contributed by atoms with Crippen molar-refractivity contribution < 1.29 is 23.4 Å². The molecule has 1 atom stereocenters. The summed E-state index contributed by atoms with van der Waals surface area (Å²) < 4.78 is 32.1. The number of halogens is 2. The normalized spacial score (nSPS) is 29.5. The Labute approximate surface area is 134 Å². The lowest BCUT2D eigenvalue weighted by molar-refractivity contribution is -0.0908. The van der Waals surface area contributed by atoms with Gasteiger partial charge in [-0.05, 0) is 50.3 Å². The summed E-state index contributed by atoms with van der Waals surface area (Å²) in [7, 11) is 0. The number of carbonyl (C=O) groups excluding carboxylic acids is 1. The van der Waals surface area contributed by atoms with E-state index in [1.807, 2.05) is 0 Å². The van der Waals surface area contributed by atoms with Gasteiger partial charge in [0.05, 0.1) is 12.1 Å². The van der Waals surface area contributed by atoms with Crippen LogP contribution in [0.5, 0.6) is 0 Å². The van der Waals surface area contributed by atoms with Crippen LogP contribution in [0.15, 0.2) is 18.2 Å². The highest BCUT2D eigenvalue weighted by Gasteiger charge is 2.44. The molecular formula is C17H21F2NO3. The molecule has 1 aromatic rings. The monoisotopic (exact) mass is 325 g/mol. The maximum atomic E-state index is 13.4. The summed E-state index contributed by atoms with van der Waals surface area (Å²) in [4.78, 5) is 13.9. The average Bonchev–Trinajstić information content (AvgIpc) is 2.53. The van der Waals surface area contributed by atoms with Gasteiger partial charge in [-0.2, -0.15) is 0 Å². The Bertz CT molecular complexity index is 600. The molecule has 3 rings (SSSR count). The molecule has 0 bridgehead atoms. The van der Waals surface area contributed by atoms with Crippen molar-refractivity contribution in [1.29, 1.82) is 0 Å². The van der Waals surface area contributed by atoms with Gasteiger partial charge in [0.25, 0.3) is 0 Å². The van der Waals surface area contributed by atoms with Crippen LogP contribution >= 0.6 is 0 Å². The van der Waals surface area contributed by atoms with E-state index in [2.05, 4.69) is 0 Å². The highest BCUT2D eigenvalue weighted by Crippen LogP contribution is 2.39. The fourth-order valence-corrected chi connectivity index (χ4v) is 3.50.